The molecule has 0 fully saturated rings. The molecular weight excluding hydrogens is 330 g/mol. The van der Waals surface area contributed by atoms with Crippen LogP contribution in [0.15, 0.2) is 60.7 Å². The number of carbonyl (C=O) groups excluding carboxylic acids is 1. The predicted octanol–water partition coefficient (Wildman–Crippen LogP) is 3.88. The fourth-order valence-electron chi connectivity index (χ4n) is 2.85. The summed E-state index contributed by atoms with van der Waals surface area (Å²) in [5.41, 5.74) is 4.51. The number of fused-ring (bicyclic) bond motifs is 2. The average molecular weight is 353 g/mol. The van der Waals surface area contributed by atoms with Gasteiger partial charge in [0, 0.05) is 25.2 Å². The summed E-state index contributed by atoms with van der Waals surface area (Å²) in [6, 6.07) is 14.6. The fourth-order valence-corrected chi connectivity index (χ4v) is 2.85. The van der Waals surface area contributed by atoms with Crippen molar-refractivity contribution in [1.82, 2.24) is 15.5 Å². The zero-order valence-electron chi connectivity index (χ0n) is 15.2. The Kier molecular flexibility index (Phi) is 5.55. The lowest BCUT2D eigenvalue weighted by Crippen LogP contribution is -2.48. The van der Waals surface area contributed by atoms with Gasteiger partial charge in [-0.3, -0.25) is 10.3 Å². The minimum atomic E-state index is -0.415. The minimum Gasteiger partial charge on any atom is -0.457 e. The zero-order valence-corrected chi connectivity index (χ0v) is 15.2. The van der Waals surface area contributed by atoms with Crippen LogP contribution < -0.4 is 10.2 Å². The summed E-state index contributed by atoms with van der Waals surface area (Å²) in [5.74, 6) is 1.43. The third-order valence-corrected chi connectivity index (χ3v) is 3.95. The molecule has 0 aromatic heterocycles. The molecule has 26 heavy (non-hydrogen) atoms. The molecule has 3 rings (SSSR count). The summed E-state index contributed by atoms with van der Waals surface area (Å²) in [6.07, 6.45) is 3.74. The summed E-state index contributed by atoms with van der Waals surface area (Å²) >= 11 is 0. The van der Waals surface area contributed by atoms with E-state index in [4.69, 9.17) is 9.57 Å². The maximum absolute atomic E-state index is 12.8. The van der Waals surface area contributed by atoms with Crippen LogP contribution in [0, 0.1) is 0 Å². The molecule has 6 nitrogen and oxygen atoms in total. The highest BCUT2D eigenvalue weighted by atomic mass is 16.7. The first-order valence-corrected chi connectivity index (χ1v) is 8.48. The number of rotatable bonds is 5. The van der Waals surface area contributed by atoms with E-state index in [1.165, 1.54) is 5.06 Å². The van der Waals surface area contributed by atoms with Gasteiger partial charge in [0.25, 0.3) is 0 Å². The van der Waals surface area contributed by atoms with Crippen molar-refractivity contribution in [3.63, 3.8) is 0 Å². The molecule has 6 heteroatoms. The number of allylic oxidation sites excluding steroid dienone is 1. The first-order valence-electron chi connectivity index (χ1n) is 8.48. The van der Waals surface area contributed by atoms with E-state index >= 15 is 0 Å². The van der Waals surface area contributed by atoms with Gasteiger partial charge in [-0.1, -0.05) is 48.6 Å². The maximum atomic E-state index is 12.8. The molecule has 1 heterocycles. The molecule has 0 aliphatic carbocycles. The average Bonchev–Trinajstić information content (AvgIpc) is 2.63. The number of para-hydroxylation sites is 2. The van der Waals surface area contributed by atoms with Gasteiger partial charge in [0.05, 0.1) is 6.61 Å². The number of benzene rings is 2. The summed E-state index contributed by atoms with van der Waals surface area (Å²) in [6.45, 7) is 2.20. The van der Waals surface area contributed by atoms with Crippen molar-refractivity contribution in [1.29, 1.82) is 0 Å². The first-order chi connectivity index (χ1) is 12.6. The zero-order chi connectivity index (χ0) is 18.5. The number of hydrogen-bond donors (Lipinski definition) is 1. The van der Waals surface area contributed by atoms with Crippen LogP contribution in [0.3, 0.4) is 0 Å². The number of hydrazine groups is 1. The minimum absolute atomic E-state index is 0.291. The molecule has 0 unspecified atom stereocenters. The van der Waals surface area contributed by atoms with Crippen molar-refractivity contribution in [2.24, 2.45) is 0 Å². The molecule has 0 saturated carbocycles. The Hall–Kier alpha value is -2.83. The smallest absolute Gasteiger partial charge is 0.356 e. The molecule has 1 aliphatic heterocycles. The van der Waals surface area contributed by atoms with E-state index in [1.54, 1.807) is 19.1 Å². The van der Waals surface area contributed by atoms with Gasteiger partial charge in [-0.15, -0.1) is 0 Å². The molecule has 2 aromatic rings. The SMILES string of the molecule is C/C=C/CON(C(=O)NN(C)C)C1c2ccccc2Oc2ccccc21. The number of urea groups is 1. The second kappa shape index (κ2) is 8.03. The highest BCUT2D eigenvalue weighted by Crippen LogP contribution is 2.45. The van der Waals surface area contributed by atoms with Crippen molar-refractivity contribution in [3.8, 4) is 11.5 Å². The normalized spacial score (nSPS) is 13.2. The Morgan fingerprint density at radius 3 is 2.23 bits per heavy atom. The fraction of sp³-hybridized carbons (Fsp3) is 0.250. The Balaban J connectivity index is 2.05. The second-order valence-electron chi connectivity index (χ2n) is 6.08. The van der Waals surface area contributed by atoms with Crippen LogP contribution in [0.1, 0.15) is 24.1 Å². The summed E-state index contributed by atoms with van der Waals surface area (Å²) in [4.78, 5) is 18.7. The quantitative estimate of drug-likeness (QED) is 0.655. The molecule has 1 aliphatic rings. The number of ether oxygens (including phenoxy) is 1. The van der Waals surface area contributed by atoms with E-state index in [2.05, 4.69) is 5.43 Å². The Morgan fingerprint density at radius 2 is 1.69 bits per heavy atom. The molecule has 0 radical (unpaired) electrons. The van der Waals surface area contributed by atoms with Crippen LogP contribution in [-0.2, 0) is 4.84 Å². The molecule has 0 bridgehead atoms. The number of hydrogen-bond acceptors (Lipinski definition) is 4. The van der Waals surface area contributed by atoms with Gasteiger partial charge in [0.2, 0.25) is 0 Å². The molecule has 0 spiro atoms. The van der Waals surface area contributed by atoms with E-state index < -0.39 is 6.04 Å². The van der Waals surface area contributed by atoms with Gasteiger partial charge in [0.1, 0.15) is 17.5 Å². The Bertz CT molecular complexity index is 759. The lowest BCUT2D eigenvalue weighted by molar-refractivity contribution is -0.130. The summed E-state index contributed by atoms with van der Waals surface area (Å²) in [5, 5.41) is 2.96. The van der Waals surface area contributed by atoms with Crippen molar-refractivity contribution in [3.05, 3.63) is 71.8 Å². The number of hydroxylamine groups is 2. The number of amides is 2. The van der Waals surface area contributed by atoms with E-state index in [0.717, 1.165) is 11.1 Å². The Labute approximate surface area is 153 Å². The monoisotopic (exact) mass is 353 g/mol. The van der Waals surface area contributed by atoms with Crippen LogP contribution in [0.25, 0.3) is 0 Å². The second-order valence-corrected chi connectivity index (χ2v) is 6.08. The van der Waals surface area contributed by atoms with Crippen molar-refractivity contribution < 1.29 is 14.4 Å². The van der Waals surface area contributed by atoms with Gasteiger partial charge in [-0.25, -0.2) is 9.80 Å². The highest BCUT2D eigenvalue weighted by Gasteiger charge is 2.35. The van der Waals surface area contributed by atoms with Crippen LogP contribution in [0.4, 0.5) is 4.79 Å². The standard InChI is InChI=1S/C20H23N3O3/c1-4-5-14-25-23(20(24)21-22(2)3)19-15-10-6-8-12-17(15)26-18-13-9-7-11-16(18)19/h4-13,19H,14H2,1-3H3,(H,21,24)/b5-4+. The van der Waals surface area contributed by atoms with Crippen LogP contribution >= 0.6 is 0 Å². The van der Waals surface area contributed by atoms with E-state index in [9.17, 15) is 4.79 Å². The van der Waals surface area contributed by atoms with Crippen molar-refractivity contribution >= 4 is 6.03 Å². The molecular formula is C20H23N3O3. The summed E-state index contributed by atoms with van der Waals surface area (Å²) in [7, 11) is 3.52. The molecule has 136 valence electrons. The van der Waals surface area contributed by atoms with Crippen LogP contribution in [0.2, 0.25) is 0 Å². The maximum Gasteiger partial charge on any atom is 0.356 e. The van der Waals surface area contributed by atoms with E-state index in [0.29, 0.717) is 18.1 Å². The first kappa shape index (κ1) is 18.0. The number of nitrogens with zero attached hydrogens (tertiary/aromatic N) is 2. The van der Waals surface area contributed by atoms with Gasteiger partial charge in [-0.05, 0) is 19.1 Å². The highest BCUT2D eigenvalue weighted by molar-refractivity contribution is 5.74. The summed E-state index contributed by atoms with van der Waals surface area (Å²) < 4.78 is 6.01. The molecule has 2 aromatic carbocycles. The molecule has 1 N–H and O–H groups in total. The molecule has 2 amide bonds. The van der Waals surface area contributed by atoms with Crippen LogP contribution in [0.5, 0.6) is 11.5 Å². The number of nitrogens with one attached hydrogen (secondary N) is 1. The third kappa shape index (κ3) is 3.71. The van der Waals surface area contributed by atoms with E-state index in [1.807, 2.05) is 67.6 Å². The molecule has 0 atom stereocenters. The topological polar surface area (TPSA) is 54.0 Å². The van der Waals surface area contributed by atoms with E-state index in [-0.39, 0.29) is 6.03 Å². The van der Waals surface area contributed by atoms with Gasteiger partial charge < -0.3 is 4.74 Å². The van der Waals surface area contributed by atoms with Crippen molar-refractivity contribution in [2.45, 2.75) is 13.0 Å². The van der Waals surface area contributed by atoms with Gasteiger partial charge in [0.15, 0.2) is 0 Å². The lowest BCUT2D eigenvalue weighted by Gasteiger charge is -2.35. The predicted molar refractivity (Wildman–Crippen MR) is 99.6 cm³/mol. The Morgan fingerprint density at radius 1 is 1.12 bits per heavy atom. The van der Waals surface area contributed by atoms with Crippen LogP contribution in [-0.4, -0.2) is 36.8 Å². The van der Waals surface area contributed by atoms with Gasteiger partial charge in [-0.2, -0.15) is 5.06 Å². The van der Waals surface area contributed by atoms with Gasteiger partial charge >= 0.3 is 6.03 Å². The number of carbonyl (C=O) groups is 1. The largest absolute Gasteiger partial charge is 0.457 e. The third-order valence-electron chi connectivity index (χ3n) is 3.95. The van der Waals surface area contributed by atoms with Crippen molar-refractivity contribution in [2.75, 3.05) is 20.7 Å². The lowest BCUT2D eigenvalue weighted by atomic mass is 9.94. The molecule has 0 saturated heterocycles.